The van der Waals surface area contributed by atoms with Crippen molar-refractivity contribution in [3.8, 4) is 23.1 Å². The first kappa shape index (κ1) is 20.1. The van der Waals surface area contributed by atoms with Crippen LogP contribution in [0.1, 0.15) is 57.4 Å². The number of rotatable bonds is 0. The van der Waals surface area contributed by atoms with Crippen molar-refractivity contribution in [2.45, 2.75) is 58.3 Å². The van der Waals surface area contributed by atoms with E-state index in [1.54, 1.807) is 0 Å². The van der Waals surface area contributed by atoms with Crippen molar-refractivity contribution in [3.05, 3.63) is 65.5 Å². The molecular formula is C29H27BN2O2. The Morgan fingerprint density at radius 2 is 1.53 bits per heavy atom. The molecule has 4 aromatic rings. The van der Waals surface area contributed by atoms with Crippen LogP contribution in [-0.2, 0) is 10.8 Å². The number of fused-ring (bicyclic) bond motifs is 6. The molecule has 0 unspecified atom stereocenters. The van der Waals surface area contributed by atoms with Crippen molar-refractivity contribution in [1.29, 1.82) is 0 Å². The zero-order valence-corrected chi connectivity index (χ0v) is 20.3. The Kier molecular flexibility index (Phi) is 3.78. The van der Waals surface area contributed by atoms with E-state index in [0.717, 1.165) is 44.8 Å². The van der Waals surface area contributed by atoms with Gasteiger partial charge in [0.05, 0.1) is 5.52 Å². The van der Waals surface area contributed by atoms with Gasteiger partial charge in [0.2, 0.25) is 5.88 Å². The van der Waals surface area contributed by atoms with Crippen molar-refractivity contribution >= 4 is 34.0 Å². The predicted octanol–water partition coefficient (Wildman–Crippen LogP) is 5.01. The Morgan fingerprint density at radius 3 is 2.32 bits per heavy atom. The first-order chi connectivity index (χ1) is 16.2. The molecule has 0 atom stereocenters. The van der Waals surface area contributed by atoms with E-state index in [0.29, 0.717) is 5.88 Å². The lowest BCUT2D eigenvalue weighted by molar-refractivity contribution is 0.330. The number of ether oxygens (including phenoxy) is 2. The highest BCUT2D eigenvalue weighted by atomic mass is 16.5. The van der Waals surface area contributed by atoms with E-state index in [1.165, 1.54) is 29.4 Å². The number of hydrogen-bond acceptors (Lipinski definition) is 4. The summed E-state index contributed by atoms with van der Waals surface area (Å²) < 4.78 is 13.0. The summed E-state index contributed by atoms with van der Waals surface area (Å²) in [6.07, 6.45) is 4.18. The van der Waals surface area contributed by atoms with Gasteiger partial charge < -0.3 is 9.47 Å². The molecule has 5 heteroatoms. The van der Waals surface area contributed by atoms with Crippen molar-refractivity contribution in [2.24, 2.45) is 0 Å². The van der Waals surface area contributed by atoms with E-state index in [2.05, 4.69) is 63.0 Å². The second-order valence-corrected chi connectivity index (χ2v) is 11.4. The normalized spacial score (nSPS) is 18.2. The topological polar surface area (TPSA) is 44.2 Å². The Labute approximate surface area is 200 Å². The summed E-state index contributed by atoms with van der Waals surface area (Å²) in [5, 5.41) is 1.11. The van der Waals surface area contributed by atoms with Crippen LogP contribution in [-0.4, -0.2) is 16.7 Å². The smallest absolute Gasteiger partial charge is 0.262 e. The molecule has 0 amide bonds. The van der Waals surface area contributed by atoms with E-state index < -0.39 is 0 Å². The number of pyridine rings is 2. The third-order valence-corrected chi connectivity index (χ3v) is 8.17. The van der Waals surface area contributed by atoms with E-state index >= 15 is 0 Å². The second kappa shape index (κ2) is 6.41. The Hall–Kier alpha value is -3.34. The number of hydrogen-bond donors (Lipinski definition) is 0. The summed E-state index contributed by atoms with van der Waals surface area (Å²) in [4.78, 5) is 9.37. The van der Waals surface area contributed by atoms with Crippen LogP contribution >= 0.6 is 0 Å². The predicted molar refractivity (Wildman–Crippen MR) is 137 cm³/mol. The summed E-state index contributed by atoms with van der Waals surface area (Å²) in [7, 11) is 0. The first-order valence-corrected chi connectivity index (χ1v) is 12.2. The summed E-state index contributed by atoms with van der Waals surface area (Å²) >= 11 is 0. The van der Waals surface area contributed by atoms with Crippen molar-refractivity contribution in [3.63, 3.8) is 0 Å². The van der Waals surface area contributed by atoms with E-state index in [-0.39, 0.29) is 17.5 Å². The van der Waals surface area contributed by atoms with Gasteiger partial charge in [0, 0.05) is 29.5 Å². The molecule has 0 fully saturated rings. The Morgan fingerprint density at radius 1 is 0.824 bits per heavy atom. The molecule has 0 bridgehead atoms. The summed E-state index contributed by atoms with van der Waals surface area (Å²) in [5.74, 6) is 3.28. The van der Waals surface area contributed by atoms with Crippen LogP contribution in [0.2, 0.25) is 0 Å². The maximum Gasteiger partial charge on any atom is 0.262 e. The van der Waals surface area contributed by atoms with Gasteiger partial charge in [-0.1, -0.05) is 45.9 Å². The van der Waals surface area contributed by atoms with E-state index in [1.807, 2.05) is 25.3 Å². The van der Waals surface area contributed by atoms with Crippen LogP contribution in [0.15, 0.2) is 48.7 Å². The summed E-state index contributed by atoms with van der Waals surface area (Å²) in [6, 6.07) is 15.2. The molecule has 2 aromatic heterocycles. The molecule has 168 valence electrons. The van der Waals surface area contributed by atoms with Crippen LogP contribution in [0.25, 0.3) is 10.9 Å². The van der Waals surface area contributed by atoms with Crippen LogP contribution < -0.4 is 25.9 Å². The van der Waals surface area contributed by atoms with Gasteiger partial charge in [0.1, 0.15) is 17.2 Å². The monoisotopic (exact) mass is 446 g/mol. The highest BCUT2D eigenvalue weighted by Crippen LogP contribution is 2.47. The largest absolute Gasteiger partial charge is 0.458 e. The molecule has 2 aromatic carbocycles. The molecule has 0 saturated carbocycles. The van der Waals surface area contributed by atoms with Crippen molar-refractivity contribution in [2.75, 3.05) is 0 Å². The highest BCUT2D eigenvalue weighted by Gasteiger charge is 2.44. The maximum atomic E-state index is 6.53. The third-order valence-electron chi connectivity index (χ3n) is 8.17. The van der Waals surface area contributed by atoms with Crippen LogP contribution in [0.4, 0.5) is 0 Å². The van der Waals surface area contributed by atoms with Gasteiger partial charge in [-0.15, -0.1) is 0 Å². The minimum Gasteiger partial charge on any atom is -0.458 e. The fourth-order valence-electron chi connectivity index (χ4n) is 6.11. The molecular weight excluding hydrogens is 419 g/mol. The first-order valence-electron chi connectivity index (χ1n) is 12.2. The third kappa shape index (κ3) is 2.67. The lowest BCUT2D eigenvalue weighted by Gasteiger charge is -2.43. The van der Waals surface area contributed by atoms with Gasteiger partial charge in [-0.3, -0.25) is 4.98 Å². The molecule has 2 aliphatic heterocycles. The SMILES string of the molecule is Cc1cc2c3c(n1)Oc1cc4c(cc1B3c1cc3cccnc3cc1O2)C(C)(C)CCC4(C)C. The van der Waals surface area contributed by atoms with Crippen LogP contribution in [0.3, 0.4) is 0 Å². The van der Waals surface area contributed by atoms with Crippen LogP contribution in [0, 0.1) is 6.92 Å². The Bertz CT molecular complexity index is 1540. The van der Waals surface area contributed by atoms with Crippen molar-refractivity contribution in [1.82, 2.24) is 9.97 Å². The van der Waals surface area contributed by atoms with Gasteiger partial charge in [-0.05, 0) is 70.2 Å². The minimum atomic E-state index is 0.0151. The quantitative estimate of drug-likeness (QED) is 0.308. The molecule has 0 spiro atoms. The van der Waals surface area contributed by atoms with Crippen molar-refractivity contribution < 1.29 is 9.47 Å². The molecule has 4 nitrogen and oxygen atoms in total. The molecule has 7 rings (SSSR count). The number of nitrogens with zero attached hydrogens (tertiary/aromatic N) is 2. The average Bonchev–Trinajstić information content (AvgIpc) is 2.79. The molecule has 34 heavy (non-hydrogen) atoms. The fourth-order valence-corrected chi connectivity index (χ4v) is 6.11. The fraction of sp³-hybridized carbons (Fsp3) is 0.310. The molecule has 0 N–H and O–H groups in total. The van der Waals surface area contributed by atoms with Gasteiger partial charge in [0.25, 0.3) is 6.71 Å². The highest BCUT2D eigenvalue weighted by molar-refractivity contribution is 6.98. The minimum absolute atomic E-state index is 0.0151. The lowest BCUT2D eigenvalue weighted by Crippen LogP contribution is -2.58. The summed E-state index contributed by atoms with van der Waals surface area (Å²) in [6.45, 7) is 11.5. The van der Waals surface area contributed by atoms with E-state index in [9.17, 15) is 0 Å². The van der Waals surface area contributed by atoms with Crippen LogP contribution in [0.5, 0.6) is 23.1 Å². The lowest BCUT2D eigenvalue weighted by atomic mass is 9.34. The molecule has 3 aliphatic rings. The molecule has 0 saturated heterocycles. The zero-order chi connectivity index (χ0) is 23.4. The second-order valence-electron chi connectivity index (χ2n) is 11.4. The Balaban J connectivity index is 1.55. The van der Waals surface area contributed by atoms with Gasteiger partial charge in [-0.2, -0.15) is 0 Å². The number of benzene rings is 2. The van der Waals surface area contributed by atoms with Gasteiger partial charge in [0.15, 0.2) is 0 Å². The average molecular weight is 446 g/mol. The number of aryl methyl sites for hydroxylation is 1. The number of aromatic nitrogens is 2. The summed E-state index contributed by atoms with van der Waals surface area (Å²) in [5.41, 5.74) is 8.28. The molecule has 0 radical (unpaired) electrons. The van der Waals surface area contributed by atoms with E-state index in [4.69, 9.17) is 14.5 Å². The molecule has 1 aliphatic carbocycles. The maximum absolute atomic E-state index is 6.53. The van der Waals surface area contributed by atoms with Gasteiger partial charge >= 0.3 is 0 Å². The van der Waals surface area contributed by atoms with Gasteiger partial charge in [-0.25, -0.2) is 4.98 Å². The molecule has 4 heterocycles. The zero-order valence-electron chi connectivity index (χ0n) is 20.3. The standard InChI is InChI=1S/C29H27BN2O2/c1-16-11-25-26-27(32-16)34-23-14-19-18(28(2,3)8-9-29(19,4)5)13-21(23)30(26)20-12-17-7-6-10-31-22(17)15-24(20)33-25/h6-7,10-15H,8-9H2,1-5H3.